The number of carbonyl (C=O) groups excluding carboxylic acids is 1. The normalized spacial score (nSPS) is 21.3. The Morgan fingerprint density at radius 3 is 2.48 bits per heavy atom. The van der Waals surface area contributed by atoms with Gasteiger partial charge in [0.25, 0.3) is 0 Å². The summed E-state index contributed by atoms with van der Waals surface area (Å²) in [5, 5.41) is -0.0493. The lowest BCUT2D eigenvalue weighted by Crippen LogP contribution is -2.40. The Labute approximate surface area is 155 Å². The first kappa shape index (κ1) is 20.2. The maximum absolute atomic E-state index is 12.9. The molecule has 7 heteroatoms. The molecule has 1 aliphatic rings. The number of carbonyl (C=O) groups is 1. The first-order valence-corrected chi connectivity index (χ1v) is 10.7. The van der Waals surface area contributed by atoms with Crippen molar-refractivity contribution in [2.75, 3.05) is 20.6 Å². The molecule has 0 aliphatic heterocycles. The minimum absolute atomic E-state index is 0.0550. The van der Waals surface area contributed by atoms with Gasteiger partial charge >= 0.3 is 5.97 Å². The predicted molar refractivity (Wildman–Crippen MR) is 99.4 cm³/mol. The Balaban J connectivity index is 2.04. The standard InChI is InChI=1S/C18H26ClNO4S/c1-20(2)12-11-18(21)24-16-5-3-4-6-17(16)25(22,23)13-14-7-9-15(19)10-8-14/h7-10,16-17H,3-6,11-13H2,1-2H3/t16-,17-/m1/s1. The smallest absolute Gasteiger partial charge is 0.307 e. The zero-order valence-corrected chi connectivity index (χ0v) is 16.4. The van der Waals surface area contributed by atoms with Crippen LogP contribution in [0.3, 0.4) is 0 Å². The molecule has 1 aromatic rings. The van der Waals surface area contributed by atoms with Crippen molar-refractivity contribution in [3.63, 3.8) is 0 Å². The SMILES string of the molecule is CN(C)CCC(=O)O[C@@H]1CCCC[C@H]1S(=O)(=O)Cc1ccc(Cl)cc1. The van der Waals surface area contributed by atoms with Crippen LogP contribution in [0.2, 0.25) is 5.02 Å². The monoisotopic (exact) mass is 387 g/mol. The van der Waals surface area contributed by atoms with Crippen LogP contribution in [0.15, 0.2) is 24.3 Å². The Morgan fingerprint density at radius 1 is 1.20 bits per heavy atom. The molecule has 1 aromatic carbocycles. The summed E-state index contributed by atoms with van der Waals surface area (Å²) in [7, 11) is 0.358. The fraction of sp³-hybridized carbons (Fsp3) is 0.611. The third-order valence-corrected chi connectivity index (χ3v) is 6.88. The van der Waals surface area contributed by atoms with Crippen molar-refractivity contribution in [3.8, 4) is 0 Å². The third-order valence-electron chi connectivity index (χ3n) is 4.43. The number of esters is 1. The summed E-state index contributed by atoms with van der Waals surface area (Å²) in [6.45, 7) is 0.591. The zero-order valence-electron chi connectivity index (χ0n) is 14.8. The molecule has 5 nitrogen and oxygen atoms in total. The van der Waals surface area contributed by atoms with E-state index in [1.807, 2.05) is 19.0 Å². The fourth-order valence-electron chi connectivity index (χ4n) is 3.07. The highest BCUT2D eigenvalue weighted by atomic mass is 35.5. The Bertz CT molecular complexity index is 673. The van der Waals surface area contributed by atoms with Crippen LogP contribution in [0.25, 0.3) is 0 Å². The van der Waals surface area contributed by atoms with Gasteiger partial charge in [0.05, 0.1) is 17.4 Å². The van der Waals surface area contributed by atoms with Gasteiger partial charge in [-0.15, -0.1) is 0 Å². The van der Waals surface area contributed by atoms with Crippen molar-refractivity contribution < 1.29 is 17.9 Å². The molecule has 0 radical (unpaired) electrons. The van der Waals surface area contributed by atoms with Gasteiger partial charge in [0.2, 0.25) is 0 Å². The summed E-state index contributed by atoms with van der Waals surface area (Å²) >= 11 is 5.85. The van der Waals surface area contributed by atoms with Gasteiger partial charge in [-0.3, -0.25) is 4.79 Å². The lowest BCUT2D eigenvalue weighted by atomic mass is 9.97. The average molecular weight is 388 g/mol. The van der Waals surface area contributed by atoms with Crippen molar-refractivity contribution in [3.05, 3.63) is 34.9 Å². The van der Waals surface area contributed by atoms with Crippen molar-refractivity contribution in [2.45, 2.75) is 49.2 Å². The van der Waals surface area contributed by atoms with Crippen LogP contribution in [0, 0.1) is 0 Å². The van der Waals surface area contributed by atoms with Crippen molar-refractivity contribution >= 4 is 27.4 Å². The van der Waals surface area contributed by atoms with Gasteiger partial charge in [0.1, 0.15) is 6.10 Å². The Hall–Kier alpha value is -1.11. The molecule has 2 rings (SSSR count). The van der Waals surface area contributed by atoms with E-state index < -0.39 is 21.2 Å². The number of benzene rings is 1. The Morgan fingerprint density at radius 2 is 1.84 bits per heavy atom. The molecule has 0 aromatic heterocycles. The van der Waals surface area contributed by atoms with E-state index in [0.717, 1.165) is 12.8 Å². The van der Waals surface area contributed by atoms with Gasteiger partial charge in [-0.05, 0) is 51.1 Å². The molecule has 1 aliphatic carbocycles. The summed E-state index contributed by atoms with van der Waals surface area (Å²) < 4.78 is 31.3. The van der Waals surface area contributed by atoms with Crippen LogP contribution < -0.4 is 0 Å². The van der Waals surface area contributed by atoms with E-state index in [-0.39, 0.29) is 18.1 Å². The highest BCUT2D eigenvalue weighted by Crippen LogP contribution is 2.29. The molecule has 1 fully saturated rings. The predicted octanol–water partition coefficient (Wildman–Crippen LogP) is 3.06. The van der Waals surface area contributed by atoms with Crippen LogP contribution >= 0.6 is 11.6 Å². The van der Waals surface area contributed by atoms with Crippen molar-refractivity contribution in [2.24, 2.45) is 0 Å². The first-order chi connectivity index (χ1) is 11.8. The Kier molecular flexibility index (Phi) is 7.28. The number of hydrogen-bond donors (Lipinski definition) is 0. The van der Waals surface area contributed by atoms with Crippen LogP contribution in [0.5, 0.6) is 0 Å². The lowest BCUT2D eigenvalue weighted by Gasteiger charge is -2.31. The van der Waals surface area contributed by atoms with Gasteiger partial charge in [-0.25, -0.2) is 8.42 Å². The van der Waals surface area contributed by atoms with Crippen LogP contribution in [0.1, 0.15) is 37.7 Å². The van der Waals surface area contributed by atoms with E-state index in [1.165, 1.54) is 0 Å². The second kappa shape index (κ2) is 9.01. The molecule has 25 heavy (non-hydrogen) atoms. The number of hydrogen-bond acceptors (Lipinski definition) is 5. The second-order valence-electron chi connectivity index (χ2n) is 6.84. The maximum atomic E-state index is 12.9. The summed E-state index contributed by atoms with van der Waals surface area (Å²) in [6.07, 6.45) is 2.61. The first-order valence-electron chi connectivity index (χ1n) is 8.58. The number of rotatable bonds is 7. The van der Waals surface area contributed by atoms with E-state index in [2.05, 4.69) is 0 Å². The molecule has 0 saturated heterocycles. The molecule has 2 atom stereocenters. The number of nitrogens with zero attached hydrogens (tertiary/aromatic N) is 1. The molecular formula is C18H26ClNO4S. The number of sulfone groups is 1. The molecule has 0 unspecified atom stereocenters. The van der Waals surface area contributed by atoms with E-state index in [9.17, 15) is 13.2 Å². The molecule has 0 heterocycles. The van der Waals surface area contributed by atoms with E-state index in [1.54, 1.807) is 24.3 Å². The largest absolute Gasteiger partial charge is 0.461 e. The van der Waals surface area contributed by atoms with Gasteiger partial charge in [-0.2, -0.15) is 0 Å². The van der Waals surface area contributed by atoms with E-state index in [4.69, 9.17) is 16.3 Å². The molecule has 140 valence electrons. The average Bonchev–Trinajstić information content (AvgIpc) is 2.55. The minimum atomic E-state index is -3.41. The van der Waals surface area contributed by atoms with Crippen molar-refractivity contribution in [1.82, 2.24) is 4.90 Å². The molecular weight excluding hydrogens is 362 g/mol. The zero-order chi connectivity index (χ0) is 18.4. The van der Waals surface area contributed by atoms with Gasteiger partial charge in [0.15, 0.2) is 9.84 Å². The quantitative estimate of drug-likeness (QED) is 0.673. The molecule has 0 N–H and O–H groups in total. The number of halogens is 1. The molecule has 0 spiro atoms. The van der Waals surface area contributed by atoms with Crippen LogP contribution in [-0.4, -0.2) is 51.3 Å². The maximum Gasteiger partial charge on any atom is 0.307 e. The minimum Gasteiger partial charge on any atom is -0.461 e. The lowest BCUT2D eigenvalue weighted by molar-refractivity contribution is -0.150. The molecule has 0 amide bonds. The van der Waals surface area contributed by atoms with Crippen molar-refractivity contribution in [1.29, 1.82) is 0 Å². The van der Waals surface area contributed by atoms with Gasteiger partial charge in [-0.1, -0.05) is 30.2 Å². The fourth-order valence-corrected chi connectivity index (χ4v) is 5.25. The summed E-state index contributed by atoms with van der Waals surface area (Å²) in [4.78, 5) is 13.9. The van der Waals surface area contributed by atoms with E-state index in [0.29, 0.717) is 30.0 Å². The highest BCUT2D eigenvalue weighted by molar-refractivity contribution is 7.91. The second-order valence-corrected chi connectivity index (χ2v) is 9.49. The number of ether oxygens (including phenoxy) is 1. The van der Waals surface area contributed by atoms with Gasteiger partial charge < -0.3 is 9.64 Å². The van der Waals surface area contributed by atoms with Crippen LogP contribution in [-0.2, 0) is 25.1 Å². The summed E-state index contributed by atoms with van der Waals surface area (Å²) in [6, 6.07) is 6.82. The summed E-state index contributed by atoms with van der Waals surface area (Å²) in [5.41, 5.74) is 0.702. The third kappa shape index (κ3) is 6.28. The highest BCUT2D eigenvalue weighted by Gasteiger charge is 2.37. The van der Waals surface area contributed by atoms with Gasteiger partial charge in [0, 0.05) is 11.6 Å². The molecule has 0 bridgehead atoms. The topological polar surface area (TPSA) is 63.7 Å². The molecule has 1 saturated carbocycles. The summed E-state index contributed by atoms with van der Waals surface area (Å²) in [5.74, 6) is -0.382. The van der Waals surface area contributed by atoms with E-state index >= 15 is 0 Å². The van der Waals surface area contributed by atoms with Crippen LogP contribution in [0.4, 0.5) is 0 Å².